The van der Waals surface area contributed by atoms with Crippen molar-refractivity contribution in [3.8, 4) is 5.69 Å². The zero-order valence-corrected chi connectivity index (χ0v) is 13.3. The number of carbonyl (C=O) groups is 1. The van der Waals surface area contributed by atoms with Crippen LogP contribution in [0, 0.1) is 13.8 Å². The summed E-state index contributed by atoms with van der Waals surface area (Å²) in [5, 5.41) is 16.3. The van der Waals surface area contributed by atoms with E-state index in [9.17, 15) is 4.79 Å². The van der Waals surface area contributed by atoms with Gasteiger partial charge in [-0.1, -0.05) is 18.2 Å². The van der Waals surface area contributed by atoms with Crippen LogP contribution in [0.15, 0.2) is 30.3 Å². The van der Waals surface area contributed by atoms with Crippen LogP contribution in [0.2, 0.25) is 0 Å². The monoisotopic (exact) mass is 301 g/mol. The van der Waals surface area contributed by atoms with Crippen LogP contribution in [0.3, 0.4) is 0 Å². The molecular weight excluding hydrogens is 278 g/mol. The Morgan fingerprint density at radius 1 is 1.32 bits per heavy atom. The maximum absolute atomic E-state index is 12.1. The van der Waals surface area contributed by atoms with Crippen LogP contribution in [0.4, 0.5) is 0 Å². The molecular formula is C17H23N3O2. The molecule has 22 heavy (non-hydrogen) atoms. The number of nitrogens with one attached hydrogen (secondary N) is 1. The summed E-state index contributed by atoms with van der Waals surface area (Å²) < 4.78 is 1.87. The lowest BCUT2D eigenvalue weighted by Gasteiger charge is -2.12. The number of aliphatic hydroxyl groups is 1. The topological polar surface area (TPSA) is 67.2 Å². The number of aryl methyl sites for hydroxylation is 1. The summed E-state index contributed by atoms with van der Waals surface area (Å²) in [4.78, 5) is 12.1. The summed E-state index contributed by atoms with van der Waals surface area (Å²) >= 11 is 0. The molecule has 5 heteroatoms. The Hall–Kier alpha value is -2.14. The van der Waals surface area contributed by atoms with Crippen LogP contribution < -0.4 is 5.32 Å². The Bertz CT molecular complexity index is 635. The highest BCUT2D eigenvalue weighted by Crippen LogP contribution is 2.18. The van der Waals surface area contributed by atoms with Crippen LogP contribution in [0.1, 0.15) is 30.3 Å². The van der Waals surface area contributed by atoms with Crippen molar-refractivity contribution in [2.24, 2.45) is 0 Å². The number of hydrogen-bond acceptors (Lipinski definition) is 3. The Labute approximate surface area is 131 Å². The highest BCUT2D eigenvalue weighted by atomic mass is 16.3. The molecule has 0 radical (unpaired) electrons. The number of carbonyl (C=O) groups excluding carboxylic acids is 1. The van der Waals surface area contributed by atoms with Crippen molar-refractivity contribution in [1.82, 2.24) is 15.1 Å². The molecule has 1 unspecified atom stereocenters. The second-order valence-corrected chi connectivity index (χ2v) is 5.55. The van der Waals surface area contributed by atoms with Crippen LogP contribution in [0.5, 0.6) is 0 Å². The zero-order valence-electron chi connectivity index (χ0n) is 13.3. The van der Waals surface area contributed by atoms with E-state index in [2.05, 4.69) is 10.4 Å². The first kappa shape index (κ1) is 16.2. The summed E-state index contributed by atoms with van der Waals surface area (Å²) in [5.74, 6) is -0.0419. The Morgan fingerprint density at radius 2 is 2.00 bits per heavy atom. The number of amides is 1. The Morgan fingerprint density at radius 3 is 2.64 bits per heavy atom. The number of aromatic nitrogens is 2. The van der Waals surface area contributed by atoms with Crippen molar-refractivity contribution in [3.63, 3.8) is 0 Å². The van der Waals surface area contributed by atoms with E-state index in [1.807, 2.05) is 55.8 Å². The van der Waals surface area contributed by atoms with Gasteiger partial charge in [0.15, 0.2) is 0 Å². The lowest BCUT2D eigenvalue weighted by Crippen LogP contribution is -2.34. The van der Waals surface area contributed by atoms with Gasteiger partial charge < -0.3 is 10.4 Å². The minimum atomic E-state index is -0.0419. The number of hydrogen-bond donors (Lipinski definition) is 2. The highest BCUT2D eigenvalue weighted by Gasteiger charge is 2.16. The molecule has 5 nitrogen and oxygen atoms in total. The summed E-state index contributed by atoms with van der Waals surface area (Å²) in [6, 6.07) is 9.86. The van der Waals surface area contributed by atoms with E-state index in [-0.39, 0.29) is 18.6 Å². The van der Waals surface area contributed by atoms with Gasteiger partial charge in [0.25, 0.3) is 0 Å². The van der Waals surface area contributed by atoms with E-state index in [4.69, 9.17) is 5.11 Å². The summed E-state index contributed by atoms with van der Waals surface area (Å²) in [5.41, 5.74) is 3.79. The molecule has 0 aliphatic carbocycles. The first-order valence-corrected chi connectivity index (χ1v) is 7.53. The molecule has 1 heterocycles. The summed E-state index contributed by atoms with van der Waals surface area (Å²) in [6.45, 7) is 5.87. The lowest BCUT2D eigenvalue weighted by atomic mass is 10.1. The normalized spacial score (nSPS) is 12.2. The van der Waals surface area contributed by atoms with E-state index in [1.165, 1.54) is 0 Å². The second kappa shape index (κ2) is 7.22. The third-order valence-electron chi connectivity index (χ3n) is 3.75. The molecule has 0 bridgehead atoms. The molecule has 118 valence electrons. The van der Waals surface area contributed by atoms with E-state index in [0.717, 1.165) is 22.6 Å². The average molecular weight is 301 g/mol. The fourth-order valence-electron chi connectivity index (χ4n) is 2.50. The van der Waals surface area contributed by atoms with Gasteiger partial charge in [-0.05, 0) is 39.3 Å². The van der Waals surface area contributed by atoms with Crippen molar-refractivity contribution in [3.05, 3.63) is 47.3 Å². The lowest BCUT2D eigenvalue weighted by molar-refractivity contribution is -0.121. The molecule has 0 saturated heterocycles. The molecule has 0 spiro atoms. The molecule has 2 aromatic rings. The maximum Gasteiger partial charge on any atom is 0.224 e. The molecule has 1 aromatic heterocycles. The van der Waals surface area contributed by atoms with Crippen LogP contribution in [0.25, 0.3) is 5.69 Å². The molecule has 2 N–H and O–H groups in total. The first-order valence-electron chi connectivity index (χ1n) is 7.53. The van der Waals surface area contributed by atoms with Crippen molar-refractivity contribution >= 4 is 5.91 Å². The van der Waals surface area contributed by atoms with E-state index in [0.29, 0.717) is 12.8 Å². The number of benzene rings is 1. The van der Waals surface area contributed by atoms with Gasteiger partial charge in [0.05, 0.1) is 17.8 Å². The SMILES string of the molecule is Cc1nn(-c2ccccc2)c(C)c1CC(=O)NC(C)CCO. The Kier molecular flexibility index (Phi) is 5.33. The van der Waals surface area contributed by atoms with Gasteiger partial charge >= 0.3 is 0 Å². The number of nitrogens with zero attached hydrogens (tertiary/aromatic N) is 2. The third-order valence-corrected chi connectivity index (χ3v) is 3.75. The summed E-state index contributed by atoms with van der Waals surface area (Å²) in [7, 11) is 0. The minimum absolute atomic E-state index is 0.0257. The van der Waals surface area contributed by atoms with E-state index < -0.39 is 0 Å². The number of para-hydroxylation sites is 1. The van der Waals surface area contributed by atoms with Gasteiger partial charge in [-0.3, -0.25) is 4.79 Å². The molecule has 2 rings (SSSR count). The van der Waals surface area contributed by atoms with Gasteiger partial charge in [-0.25, -0.2) is 4.68 Å². The summed E-state index contributed by atoms with van der Waals surface area (Å²) in [6.07, 6.45) is 0.868. The van der Waals surface area contributed by atoms with Gasteiger partial charge in [0, 0.05) is 23.9 Å². The fourth-order valence-corrected chi connectivity index (χ4v) is 2.50. The largest absolute Gasteiger partial charge is 0.396 e. The zero-order chi connectivity index (χ0) is 16.1. The van der Waals surface area contributed by atoms with Crippen molar-refractivity contribution in [2.45, 2.75) is 39.7 Å². The molecule has 0 saturated carbocycles. The van der Waals surface area contributed by atoms with E-state index >= 15 is 0 Å². The van der Waals surface area contributed by atoms with Crippen LogP contribution in [-0.2, 0) is 11.2 Å². The van der Waals surface area contributed by atoms with Crippen molar-refractivity contribution in [2.75, 3.05) is 6.61 Å². The molecule has 1 amide bonds. The van der Waals surface area contributed by atoms with Gasteiger partial charge in [0.1, 0.15) is 0 Å². The van der Waals surface area contributed by atoms with E-state index in [1.54, 1.807) is 0 Å². The standard InChI is InChI=1S/C17H23N3O2/c1-12(9-10-21)18-17(22)11-16-13(2)19-20(14(16)3)15-7-5-4-6-8-15/h4-8,12,21H,9-11H2,1-3H3,(H,18,22). The highest BCUT2D eigenvalue weighted by molar-refractivity contribution is 5.79. The maximum atomic E-state index is 12.1. The third kappa shape index (κ3) is 3.74. The predicted octanol–water partition coefficient (Wildman–Crippen LogP) is 1.92. The predicted molar refractivity (Wildman–Crippen MR) is 86.0 cm³/mol. The van der Waals surface area contributed by atoms with Gasteiger partial charge in [-0.15, -0.1) is 0 Å². The molecule has 0 aliphatic heterocycles. The first-order chi connectivity index (χ1) is 10.5. The van der Waals surface area contributed by atoms with Crippen LogP contribution >= 0.6 is 0 Å². The second-order valence-electron chi connectivity index (χ2n) is 5.55. The smallest absolute Gasteiger partial charge is 0.224 e. The van der Waals surface area contributed by atoms with Crippen molar-refractivity contribution in [1.29, 1.82) is 0 Å². The quantitative estimate of drug-likeness (QED) is 0.856. The molecule has 0 aliphatic rings. The number of aliphatic hydroxyl groups excluding tert-OH is 1. The van der Waals surface area contributed by atoms with Crippen LogP contribution in [-0.4, -0.2) is 33.4 Å². The Balaban J connectivity index is 2.16. The molecule has 0 fully saturated rings. The van der Waals surface area contributed by atoms with Crippen molar-refractivity contribution < 1.29 is 9.90 Å². The molecule has 1 atom stereocenters. The molecule has 1 aromatic carbocycles. The average Bonchev–Trinajstić information content (AvgIpc) is 2.76. The van der Waals surface area contributed by atoms with Gasteiger partial charge in [-0.2, -0.15) is 5.10 Å². The van der Waals surface area contributed by atoms with Gasteiger partial charge in [0.2, 0.25) is 5.91 Å². The fraction of sp³-hybridized carbons (Fsp3) is 0.412. The number of rotatable bonds is 6. The minimum Gasteiger partial charge on any atom is -0.396 e.